The largest absolute Gasteiger partial charge is 0.477 e. The standard InChI is InChI=1S/C10H10ClNO5/c1-6(10(13)16-2)17-9-5-7(12(14)15)3-4-8(9)11/h3-6H,1-2H3/t6-/m1/s1. The molecule has 1 aromatic carbocycles. The molecule has 0 aliphatic carbocycles. The normalized spacial score (nSPS) is 11.7. The maximum absolute atomic E-state index is 11.1. The Kier molecular flexibility index (Phi) is 4.28. The van der Waals surface area contributed by atoms with Gasteiger partial charge < -0.3 is 9.47 Å². The van der Waals surface area contributed by atoms with Crippen LogP contribution in [0.15, 0.2) is 18.2 Å². The first kappa shape index (κ1) is 13.2. The van der Waals surface area contributed by atoms with Crippen LogP contribution in [0.4, 0.5) is 5.69 Å². The summed E-state index contributed by atoms with van der Waals surface area (Å²) in [4.78, 5) is 21.1. The molecule has 92 valence electrons. The average Bonchev–Trinajstić information content (AvgIpc) is 2.30. The van der Waals surface area contributed by atoms with Gasteiger partial charge in [0.25, 0.3) is 5.69 Å². The zero-order valence-electron chi connectivity index (χ0n) is 9.18. The maximum atomic E-state index is 11.1. The number of ether oxygens (including phenoxy) is 2. The Morgan fingerprint density at radius 3 is 2.71 bits per heavy atom. The van der Waals surface area contributed by atoms with Crippen molar-refractivity contribution < 1.29 is 19.2 Å². The van der Waals surface area contributed by atoms with Gasteiger partial charge in [-0.05, 0) is 13.0 Å². The molecule has 17 heavy (non-hydrogen) atoms. The lowest BCUT2D eigenvalue weighted by Gasteiger charge is -2.13. The lowest BCUT2D eigenvalue weighted by atomic mass is 10.3. The smallest absolute Gasteiger partial charge is 0.346 e. The highest BCUT2D eigenvalue weighted by Gasteiger charge is 2.18. The molecule has 0 aliphatic heterocycles. The molecule has 1 atom stereocenters. The number of rotatable bonds is 4. The van der Waals surface area contributed by atoms with E-state index in [0.717, 1.165) is 6.07 Å². The fourth-order valence-corrected chi connectivity index (χ4v) is 1.26. The number of non-ortho nitro benzene ring substituents is 1. The van der Waals surface area contributed by atoms with Crippen LogP contribution in [0.25, 0.3) is 0 Å². The quantitative estimate of drug-likeness (QED) is 0.470. The zero-order valence-corrected chi connectivity index (χ0v) is 9.93. The molecule has 0 saturated heterocycles. The Balaban J connectivity index is 2.93. The molecule has 1 rings (SSSR count). The Bertz CT molecular complexity index is 448. The van der Waals surface area contributed by atoms with E-state index < -0.39 is 17.0 Å². The van der Waals surface area contributed by atoms with Gasteiger partial charge in [-0.2, -0.15) is 0 Å². The van der Waals surface area contributed by atoms with Crippen molar-refractivity contribution in [2.24, 2.45) is 0 Å². The molecule has 0 spiro atoms. The van der Waals surface area contributed by atoms with Crippen molar-refractivity contribution in [1.29, 1.82) is 0 Å². The summed E-state index contributed by atoms with van der Waals surface area (Å²) in [7, 11) is 1.22. The van der Waals surface area contributed by atoms with Gasteiger partial charge in [-0.1, -0.05) is 11.6 Å². The van der Waals surface area contributed by atoms with Crippen molar-refractivity contribution in [2.75, 3.05) is 7.11 Å². The maximum Gasteiger partial charge on any atom is 0.346 e. The van der Waals surface area contributed by atoms with Crippen molar-refractivity contribution in [2.45, 2.75) is 13.0 Å². The minimum absolute atomic E-state index is 0.0683. The van der Waals surface area contributed by atoms with E-state index in [0.29, 0.717) is 0 Å². The number of hydrogen-bond donors (Lipinski definition) is 0. The number of nitrogens with zero attached hydrogens (tertiary/aromatic N) is 1. The van der Waals surface area contributed by atoms with Crippen LogP contribution >= 0.6 is 11.6 Å². The van der Waals surface area contributed by atoms with E-state index in [1.54, 1.807) is 0 Å². The summed E-state index contributed by atoms with van der Waals surface area (Å²) in [5.41, 5.74) is -0.165. The predicted octanol–water partition coefficient (Wildman–Crippen LogP) is 2.19. The van der Waals surface area contributed by atoms with Gasteiger partial charge in [0.2, 0.25) is 0 Å². The third-order valence-electron chi connectivity index (χ3n) is 1.96. The Morgan fingerprint density at radius 2 is 2.18 bits per heavy atom. The molecule has 0 aromatic heterocycles. The highest BCUT2D eigenvalue weighted by Crippen LogP contribution is 2.29. The van der Waals surface area contributed by atoms with Gasteiger partial charge >= 0.3 is 5.97 Å². The van der Waals surface area contributed by atoms with Gasteiger partial charge in [0.1, 0.15) is 5.75 Å². The summed E-state index contributed by atoms with van der Waals surface area (Å²) >= 11 is 5.79. The number of benzene rings is 1. The molecule has 0 amide bonds. The first-order chi connectivity index (χ1) is 7.95. The molecule has 0 fully saturated rings. The van der Waals surface area contributed by atoms with Crippen LogP contribution in [0, 0.1) is 10.1 Å². The van der Waals surface area contributed by atoms with Crippen molar-refractivity contribution in [1.82, 2.24) is 0 Å². The van der Waals surface area contributed by atoms with Gasteiger partial charge in [-0.25, -0.2) is 4.79 Å². The zero-order chi connectivity index (χ0) is 13.0. The number of hydrogen-bond acceptors (Lipinski definition) is 5. The van der Waals surface area contributed by atoms with Crippen LogP contribution in [-0.4, -0.2) is 24.1 Å². The van der Waals surface area contributed by atoms with Crippen molar-refractivity contribution in [3.05, 3.63) is 33.3 Å². The van der Waals surface area contributed by atoms with Gasteiger partial charge in [0.05, 0.1) is 23.1 Å². The van der Waals surface area contributed by atoms with E-state index >= 15 is 0 Å². The summed E-state index contributed by atoms with van der Waals surface area (Å²) in [5.74, 6) is -0.522. The second-order valence-electron chi connectivity index (χ2n) is 3.16. The van der Waals surface area contributed by atoms with Crippen LogP contribution in [0.2, 0.25) is 5.02 Å². The third kappa shape index (κ3) is 3.32. The van der Waals surface area contributed by atoms with Crippen molar-refractivity contribution in [3.63, 3.8) is 0 Å². The van der Waals surface area contributed by atoms with Gasteiger partial charge in [-0.15, -0.1) is 0 Å². The number of carbonyl (C=O) groups is 1. The van der Waals surface area contributed by atoms with E-state index in [9.17, 15) is 14.9 Å². The van der Waals surface area contributed by atoms with E-state index in [-0.39, 0.29) is 16.5 Å². The van der Waals surface area contributed by atoms with Crippen LogP contribution in [-0.2, 0) is 9.53 Å². The molecule has 0 heterocycles. The van der Waals surface area contributed by atoms with Crippen LogP contribution < -0.4 is 4.74 Å². The first-order valence-corrected chi connectivity index (χ1v) is 5.02. The second kappa shape index (κ2) is 5.49. The molecular weight excluding hydrogens is 250 g/mol. The molecule has 6 nitrogen and oxygen atoms in total. The molecule has 0 unspecified atom stereocenters. The Labute approximate surface area is 102 Å². The molecule has 0 radical (unpaired) electrons. The first-order valence-electron chi connectivity index (χ1n) is 4.64. The summed E-state index contributed by atoms with van der Waals surface area (Å²) in [5, 5.41) is 10.7. The number of halogens is 1. The summed E-state index contributed by atoms with van der Waals surface area (Å²) in [6.45, 7) is 1.46. The number of carbonyl (C=O) groups excluding carboxylic acids is 1. The molecule has 0 aliphatic rings. The number of nitro groups is 1. The second-order valence-corrected chi connectivity index (χ2v) is 3.56. The summed E-state index contributed by atoms with van der Waals surface area (Å²) < 4.78 is 9.64. The third-order valence-corrected chi connectivity index (χ3v) is 2.27. The fraction of sp³-hybridized carbons (Fsp3) is 0.300. The molecular formula is C10H10ClNO5. The number of nitro benzene ring substituents is 1. The molecule has 1 aromatic rings. The van der Waals surface area contributed by atoms with Gasteiger partial charge in [-0.3, -0.25) is 10.1 Å². The molecule has 0 N–H and O–H groups in total. The van der Waals surface area contributed by atoms with Crippen LogP contribution in [0.1, 0.15) is 6.92 Å². The fourth-order valence-electron chi connectivity index (χ4n) is 1.10. The summed E-state index contributed by atoms with van der Waals surface area (Å²) in [6.07, 6.45) is -0.889. The van der Waals surface area contributed by atoms with Crippen molar-refractivity contribution in [3.8, 4) is 5.75 Å². The Hall–Kier alpha value is -1.82. The molecule has 0 saturated carbocycles. The lowest BCUT2D eigenvalue weighted by molar-refractivity contribution is -0.384. The minimum atomic E-state index is -0.889. The van der Waals surface area contributed by atoms with E-state index in [2.05, 4.69) is 4.74 Å². The van der Waals surface area contributed by atoms with E-state index in [1.807, 2.05) is 0 Å². The van der Waals surface area contributed by atoms with Crippen LogP contribution in [0.5, 0.6) is 5.75 Å². The van der Waals surface area contributed by atoms with E-state index in [1.165, 1.54) is 26.2 Å². The van der Waals surface area contributed by atoms with Crippen LogP contribution in [0.3, 0.4) is 0 Å². The summed E-state index contributed by atoms with van der Waals surface area (Å²) in [6, 6.07) is 3.73. The monoisotopic (exact) mass is 259 g/mol. The Morgan fingerprint density at radius 1 is 1.53 bits per heavy atom. The lowest BCUT2D eigenvalue weighted by Crippen LogP contribution is -2.25. The predicted molar refractivity (Wildman–Crippen MR) is 60.2 cm³/mol. The minimum Gasteiger partial charge on any atom is -0.477 e. The topological polar surface area (TPSA) is 78.7 Å². The van der Waals surface area contributed by atoms with Crippen molar-refractivity contribution >= 4 is 23.3 Å². The van der Waals surface area contributed by atoms with E-state index in [4.69, 9.17) is 16.3 Å². The van der Waals surface area contributed by atoms with Gasteiger partial charge in [0.15, 0.2) is 6.10 Å². The van der Waals surface area contributed by atoms with Gasteiger partial charge in [0, 0.05) is 6.07 Å². The highest BCUT2D eigenvalue weighted by atomic mass is 35.5. The molecule has 7 heteroatoms. The number of methoxy groups -OCH3 is 1. The average molecular weight is 260 g/mol. The highest BCUT2D eigenvalue weighted by molar-refractivity contribution is 6.32. The SMILES string of the molecule is COC(=O)[C@@H](C)Oc1cc([N+](=O)[O-])ccc1Cl. The number of esters is 1. The molecule has 0 bridgehead atoms.